The maximum Gasteiger partial charge on any atom is 0.410 e. The Morgan fingerprint density at radius 1 is 1.34 bits per heavy atom. The van der Waals surface area contributed by atoms with Crippen molar-refractivity contribution in [2.24, 2.45) is 0 Å². The molecule has 1 amide bonds. The number of nitrogens with zero attached hydrogens (tertiary/aromatic N) is 5. The van der Waals surface area contributed by atoms with Crippen LogP contribution >= 0.6 is 23.2 Å². The van der Waals surface area contributed by atoms with Gasteiger partial charge in [-0.3, -0.25) is 0 Å². The SMILES string of the molecule is C=C(Cl)C(Cl)=C(C)c1nnc(N2CCN(C(=O)OC(C)(C)C)CC2CO)nc1N. The van der Waals surface area contributed by atoms with Gasteiger partial charge in [-0.15, -0.1) is 10.2 Å². The highest BCUT2D eigenvalue weighted by molar-refractivity contribution is 6.45. The van der Waals surface area contributed by atoms with E-state index in [2.05, 4.69) is 21.8 Å². The number of carbonyl (C=O) groups is 1. The van der Waals surface area contributed by atoms with Crippen molar-refractivity contribution < 1.29 is 14.6 Å². The zero-order chi connectivity index (χ0) is 21.9. The van der Waals surface area contributed by atoms with Gasteiger partial charge in [0.1, 0.15) is 11.3 Å². The number of amides is 1. The number of carbonyl (C=O) groups excluding carboxylic acids is 1. The van der Waals surface area contributed by atoms with Crippen molar-refractivity contribution in [3.8, 4) is 0 Å². The standard InChI is InChI=1S/C18H26Cl2N6O3/c1-10(13(20)11(2)19)14-15(21)22-16(24-23-14)26-7-6-25(8-12(26)9-27)17(28)29-18(3,4)5/h12,27H,2,6-9H2,1,3-5H3,(H2,21,22,24). The molecule has 1 unspecified atom stereocenters. The number of rotatable bonds is 4. The number of aliphatic hydroxyl groups excluding tert-OH is 1. The Labute approximate surface area is 180 Å². The molecule has 160 valence electrons. The second-order valence-corrected chi connectivity index (χ2v) is 8.48. The van der Waals surface area contributed by atoms with E-state index in [1.807, 2.05) is 0 Å². The molecule has 2 rings (SSSR count). The molecule has 11 heteroatoms. The van der Waals surface area contributed by atoms with Crippen LogP contribution in [0, 0.1) is 0 Å². The van der Waals surface area contributed by atoms with Crippen LogP contribution in [0.1, 0.15) is 33.4 Å². The van der Waals surface area contributed by atoms with E-state index < -0.39 is 17.7 Å². The lowest BCUT2D eigenvalue weighted by Gasteiger charge is -2.40. The lowest BCUT2D eigenvalue weighted by Crippen LogP contribution is -2.57. The summed E-state index contributed by atoms with van der Waals surface area (Å²) in [6.07, 6.45) is -0.429. The van der Waals surface area contributed by atoms with Gasteiger partial charge in [-0.05, 0) is 27.7 Å². The molecule has 1 aliphatic rings. The Balaban J connectivity index is 2.21. The highest BCUT2D eigenvalue weighted by Crippen LogP contribution is 2.29. The second-order valence-electron chi connectivity index (χ2n) is 7.65. The molecule has 0 aromatic carbocycles. The number of hydrogen-bond donors (Lipinski definition) is 2. The first-order chi connectivity index (χ1) is 13.4. The van der Waals surface area contributed by atoms with Crippen molar-refractivity contribution in [2.45, 2.75) is 39.3 Å². The predicted octanol–water partition coefficient (Wildman–Crippen LogP) is 2.59. The third-order valence-corrected chi connectivity index (χ3v) is 5.02. The molecule has 1 aromatic heterocycles. The van der Waals surface area contributed by atoms with Crippen LogP contribution in [0.2, 0.25) is 0 Å². The highest BCUT2D eigenvalue weighted by atomic mass is 35.5. The molecule has 3 N–H and O–H groups in total. The Morgan fingerprint density at radius 3 is 2.52 bits per heavy atom. The number of nitrogen functional groups attached to an aromatic ring is 1. The first kappa shape index (κ1) is 23.2. The molecule has 0 saturated carbocycles. The molecule has 1 aromatic rings. The van der Waals surface area contributed by atoms with E-state index in [0.717, 1.165) is 0 Å². The van der Waals surface area contributed by atoms with Crippen LogP contribution in [0.4, 0.5) is 16.6 Å². The number of ether oxygens (including phenoxy) is 1. The average Bonchev–Trinajstić information content (AvgIpc) is 2.64. The molecule has 1 aliphatic heterocycles. The summed E-state index contributed by atoms with van der Waals surface area (Å²) < 4.78 is 5.40. The fourth-order valence-corrected chi connectivity index (χ4v) is 3.02. The van der Waals surface area contributed by atoms with Crippen molar-refractivity contribution in [1.29, 1.82) is 0 Å². The van der Waals surface area contributed by atoms with E-state index >= 15 is 0 Å². The molecule has 0 radical (unpaired) electrons. The summed E-state index contributed by atoms with van der Waals surface area (Å²) in [5.41, 5.74) is 6.25. The number of halogens is 2. The summed E-state index contributed by atoms with van der Waals surface area (Å²) in [7, 11) is 0. The largest absolute Gasteiger partial charge is 0.444 e. The lowest BCUT2D eigenvalue weighted by molar-refractivity contribution is 0.0196. The summed E-state index contributed by atoms with van der Waals surface area (Å²) in [6.45, 7) is 11.5. The fourth-order valence-electron chi connectivity index (χ4n) is 2.79. The van der Waals surface area contributed by atoms with Crippen LogP contribution in [-0.4, -0.2) is 69.2 Å². The van der Waals surface area contributed by atoms with Gasteiger partial charge in [0.2, 0.25) is 5.95 Å². The van der Waals surface area contributed by atoms with E-state index in [0.29, 0.717) is 24.4 Å². The Hall–Kier alpha value is -2.10. The molecule has 9 nitrogen and oxygen atoms in total. The van der Waals surface area contributed by atoms with Crippen molar-refractivity contribution in [3.05, 3.63) is 22.3 Å². The molecule has 1 atom stereocenters. The molecule has 0 spiro atoms. The number of hydrogen-bond acceptors (Lipinski definition) is 8. The maximum absolute atomic E-state index is 12.3. The summed E-state index contributed by atoms with van der Waals surface area (Å²) in [5.74, 6) is 0.373. The normalized spacial score (nSPS) is 18.4. The van der Waals surface area contributed by atoms with Crippen molar-refractivity contribution in [1.82, 2.24) is 20.1 Å². The molecule has 1 saturated heterocycles. The number of anilines is 2. The van der Waals surface area contributed by atoms with Crippen LogP contribution in [0.3, 0.4) is 0 Å². The van der Waals surface area contributed by atoms with Crippen molar-refractivity contribution >= 4 is 46.6 Å². The van der Waals surface area contributed by atoms with Gasteiger partial charge in [0.15, 0.2) is 5.82 Å². The molecular weight excluding hydrogens is 419 g/mol. The van der Waals surface area contributed by atoms with Gasteiger partial charge in [-0.25, -0.2) is 4.79 Å². The highest BCUT2D eigenvalue weighted by Gasteiger charge is 2.33. The number of aliphatic hydroxyl groups is 1. The Bertz CT molecular complexity index is 824. The topological polar surface area (TPSA) is 118 Å². The van der Waals surface area contributed by atoms with Gasteiger partial charge in [0.25, 0.3) is 0 Å². The molecule has 29 heavy (non-hydrogen) atoms. The zero-order valence-corrected chi connectivity index (χ0v) is 18.5. The Morgan fingerprint density at radius 2 is 2.00 bits per heavy atom. The zero-order valence-electron chi connectivity index (χ0n) is 16.9. The molecular formula is C18H26Cl2N6O3. The van der Waals surface area contributed by atoms with Gasteiger partial charge in [-0.2, -0.15) is 4.98 Å². The van der Waals surface area contributed by atoms with Crippen LogP contribution < -0.4 is 10.6 Å². The first-order valence-corrected chi connectivity index (χ1v) is 9.77. The number of allylic oxidation sites excluding steroid dienone is 3. The predicted molar refractivity (Wildman–Crippen MR) is 114 cm³/mol. The van der Waals surface area contributed by atoms with Crippen LogP contribution in [0.15, 0.2) is 16.6 Å². The molecule has 0 aliphatic carbocycles. The summed E-state index contributed by atoms with van der Waals surface area (Å²) in [5, 5.41) is 18.5. The third kappa shape index (κ3) is 5.71. The minimum Gasteiger partial charge on any atom is -0.444 e. The second kappa shape index (κ2) is 9.15. The van der Waals surface area contributed by atoms with Gasteiger partial charge < -0.3 is 25.4 Å². The summed E-state index contributed by atoms with van der Waals surface area (Å²) >= 11 is 11.9. The van der Waals surface area contributed by atoms with Gasteiger partial charge in [0.05, 0.1) is 22.7 Å². The maximum atomic E-state index is 12.3. The van der Waals surface area contributed by atoms with Crippen LogP contribution in [0.25, 0.3) is 5.57 Å². The number of aromatic nitrogens is 3. The smallest absolute Gasteiger partial charge is 0.410 e. The number of nitrogens with two attached hydrogens (primary N) is 1. The van der Waals surface area contributed by atoms with Crippen LogP contribution in [-0.2, 0) is 4.74 Å². The molecule has 0 bridgehead atoms. The minimum atomic E-state index is -0.596. The quantitative estimate of drug-likeness (QED) is 0.680. The van der Waals surface area contributed by atoms with E-state index in [1.165, 1.54) is 0 Å². The van der Waals surface area contributed by atoms with E-state index in [-0.39, 0.29) is 35.0 Å². The monoisotopic (exact) mass is 444 g/mol. The average molecular weight is 445 g/mol. The summed E-state index contributed by atoms with van der Waals surface area (Å²) in [4.78, 5) is 19.9. The Kier molecular flexibility index (Phi) is 7.31. The van der Waals surface area contributed by atoms with Gasteiger partial charge in [0, 0.05) is 25.2 Å². The van der Waals surface area contributed by atoms with Crippen molar-refractivity contribution in [2.75, 3.05) is 36.9 Å². The van der Waals surface area contributed by atoms with E-state index in [9.17, 15) is 9.90 Å². The van der Waals surface area contributed by atoms with Gasteiger partial charge >= 0.3 is 6.09 Å². The molecule has 1 fully saturated rings. The lowest BCUT2D eigenvalue weighted by atomic mass is 10.2. The van der Waals surface area contributed by atoms with Crippen LogP contribution in [0.5, 0.6) is 0 Å². The molecule has 2 heterocycles. The van der Waals surface area contributed by atoms with Crippen molar-refractivity contribution in [3.63, 3.8) is 0 Å². The third-order valence-electron chi connectivity index (χ3n) is 4.23. The summed E-state index contributed by atoms with van der Waals surface area (Å²) in [6, 6.07) is -0.425. The first-order valence-electron chi connectivity index (χ1n) is 9.01. The van der Waals surface area contributed by atoms with E-state index in [1.54, 1.807) is 37.5 Å². The number of piperazine rings is 1. The minimum absolute atomic E-state index is 0.120. The fraction of sp³-hybridized carbons (Fsp3) is 0.556. The van der Waals surface area contributed by atoms with E-state index in [4.69, 9.17) is 33.7 Å². The van der Waals surface area contributed by atoms with Gasteiger partial charge in [-0.1, -0.05) is 29.8 Å².